The van der Waals surface area contributed by atoms with Gasteiger partial charge in [-0.3, -0.25) is 0 Å². The van der Waals surface area contributed by atoms with Gasteiger partial charge < -0.3 is 5.73 Å². The minimum Gasteiger partial charge on any atom is -0.389 e. The summed E-state index contributed by atoms with van der Waals surface area (Å²) >= 11 is 10.9. The number of thiocarbonyl (C=S) groups is 1. The Morgan fingerprint density at radius 2 is 2.14 bits per heavy atom. The van der Waals surface area contributed by atoms with Crippen LogP contribution < -0.4 is 10.5 Å². The average Bonchev–Trinajstić information content (AvgIpc) is 3.17. The summed E-state index contributed by atoms with van der Waals surface area (Å²) in [5.41, 5.74) is 6.21. The van der Waals surface area contributed by atoms with Crippen LogP contribution in [0.25, 0.3) is 0 Å². The van der Waals surface area contributed by atoms with Crippen LogP contribution in [0.5, 0.6) is 0 Å². The molecule has 3 N–H and O–H groups in total. The zero-order chi connectivity index (χ0) is 15.7. The average molecular weight is 347 g/mol. The third kappa shape index (κ3) is 3.94. The number of rotatable bonds is 7. The molecule has 0 spiro atoms. The molecule has 0 aliphatic heterocycles. The summed E-state index contributed by atoms with van der Waals surface area (Å²) < 4.78 is 27.4. The lowest BCUT2D eigenvalue weighted by Crippen LogP contribution is -2.30. The molecule has 0 amide bonds. The molecule has 1 saturated carbocycles. The summed E-state index contributed by atoms with van der Waals surface area (Å²) in [7, 11) is -3.61. The lowest BCUT2D eigenvalue weighted by Gasteiger charge is -2.16. The fourth-order valence-electron chi connectivity index (χ4n) is 2.42. The molecule has 0 aromatic heterocycles. The van der Waals surface area contributed by atoms with Gasteiger partial charge in [-0.15, -0.1) is 0 Å². The van der Waals surface area contributed by atoms with Crippen LogP contribution in [0, 0.1) is 5.41 Å². The van der Waals surface area contributed by atoms with Crippen LogP contribution in [-0.4, -0.2) is 20.0 Å². The van der Waals surface area contributed by atoms with Crippen LogP contribution in [0.15, 0.2) is 23.1 Å². The van der Waals surface area contributed by atoms with Crippen LogP contribution in [0.4, 0.5) is 0 Å². The van der Waals surface area contributed by atoms with Crippen molar-refractivity contribution in [2.45, 2.75) is 37.5 Å². The minimum absolute atomic E-state index is 0.0662. The van der Waals surface area contributed by atoms with Crippen molar-refractivity contribution in [2.24, 2.45) is 11.1 Å². The molecule has 0 radical (unpaired) electrons. The van der Waals surface area contributed by atoms with Crippen molar-refractivity contribution in [3.63, 3.8) is 0 Å². The van der Waals surface area contributed by atoms with Gasteiger partial charge in [0, 0.05) is 12.1 Å². The minimum atomic E-state index is -3.61. The van der Waals surface area contributed by atoms with Crippen LogP contribution in [0.3, 0.4) is 0 Å². The van der Waals surface area contributed by atoms with Gasteiger partial charge >= 0.3 is 0 Å². The van der Waals surface area contributed by atoms with E-state index in [-0.39, 0.29) is 20.3 Å². The number of nitrogens with one attached hydrogen (secondary N) is 1. The molecule has 1 aromatic rings. The Morgan fingerprint density at radius 3 is 2.62 bits per heavy atom. The lowest BCUT2D eigenvalue weighted by molar-refractivity contribution is 0.449. The van der Waals surface area contributed by atoms with E-state index in [1.165, 1.54) is 12.1 Å². The second kappa shape index (κ2) is 6.20. The van der Waals surface area contributed by atoms with E-state index in [0.29, 0.717) is 12.1 Å². The Hall–Kier alpha value is -0.690. The molecule has 7 heteroatoms. The Labute approximate surface area is 136 Å². The highest BCUT2D eigenvalue weighted by molar-refractivity contribution is 7.89. The lowest BCUT2D eigenvalue weighted by atomic mass is 10.0. The molecule has 2 rings (SSSR count). The largest absolute Gasteiger partial charge is 0.389 e. The number of benzene rings is 1. The topological polar surface area (TPSA) is 72.2 Å². The van der Waals surface area contributed by atoms with Crippen molar-refractivity contribution in [3.05, 3.63) is 28.8 Å². The predicted octanol–water partition coefficient (Wildman–Crippen LogP) is 2.83. The summed E-state index contributed by atoms with van der Waals surface area (Å²) in [6.07, 6.45) is 4.27. The summed E-state index contributed by atoms with van der Waals surface area (Å²) in [5.74, 6) is 0. The Balaban J connectivity index is 2.14. The van der Waals surface area contributed by atoms with E-state index in [1.807, 2.05) is 0 Å². The number of nitrogens with two attached hydrogens (primary N) is 1. The molecule has 21 heavy (non-hydrogen) atoms. The van der Waals surface area contributed by atoms with Crippen molar-refractivity contribution < 1.29 is 8.42 Å². The van der Waals surface area contributed by atoms with Gasteiger partial charge in [-0.05, 0) is 36.8 Å². The van der Waals surface area contributed by atoms with E-state index in [9.17, 15) is 8.42 Å². The first-order valence-corrected chi connectivity index (χ1v) is 9.16. The van der Waals surface area contributed by atoms with Crippen molar-refractivity contribution in [1.29, 1.82) is 0 Å². The molecule has 1 aliphatic carbocycles. The highest BCUT2D eigenvalue weighted by atomic mass is 35.5. The van der Waals surface area contributed by atoms with E-state index < -0.39 is 10.0 Å². The predicted molar refractivity (Wildman–Crippen MR) is 89.1 cm³/mol. The summed E-state index contributed by atoms with van der Waals surface area (Å²) in [6.45, 7) is 2.58. The number of sulfonamides is 1. The maximum absolute atomic E-state index is 12.4. The maximum atomic E-state index is 12.4. The van der Waals surface area contributed by atoms with Crippen molar-refractivity contribution in [1.82, 2.24) is 4.72 Å². The van der Waals surface area contributed by atoms with E-state index in [1.54, 1.807) is 6.07 Å². The highest BCUT2D eigenvalue weighted by Crippen LogP contribution is 2.49. The van der Waals surface area contributed by atoms with Crippen molar-refractivity contribution in [2.75, 3.05) is 6.54 Å². The summed E-state index contributed by atoms with van der Waals surface area (Å²) in [5, 5.41) is 0.133. The zero-order valence-corrected chi connectivity index (χ0v) is 14.2. The van der Waals surface area contributed by atoms with Gasteiger partial charge in [0.15, 0.2) is 0 Å². The highest BCUT2D eigenvalue weighted by Gasteiger charge is 2.42. The van der Waals surface area contributed by atoms with Gasteiger partial charge in [0.25, 0.3) is 0 Å². The third-order valence-corrected chi connectivity index (χ3v) is 6.00. The van der Waals surface area contributed by atoms with Crippen molar-refractivity contribution >= 4 is 38.8 Å². The van der Waals surface area contributed by atoms with Crippen LogP contribution >= 0.6 is 23.8 Å². The second-order valence-electron chi connectivity index (χ2n) is 5.58. The molecule has 1 aromatic carbocycles. The Kier molecular flexibility index (Phi) is 4.92. The maximum Gasteiger partial charge on any atom is 0.242 e. The van der Waals surface area contributed by atoms with E-state index in [2.05, 4.69) is 11.6 Å². The fraction of sp³-hybridized carbons (Fsp3) is 0.500. The van der Waals surface area contributed by atoms with Crippen LogP contribution in [0.1, 0.15) is 38.2 Å². The van der Waals surface area contributed by atoms with E-state index >= 15 is 0 Å². The van der Waals surface area contributed by atoms with Crippen molar-refractivity contribution in [3.8, 4) is 0 Å². The number of hydrogen-bond acceptors (Lipinski definition) is 3. The first kappa shape index (κ1) is 16.7. The smallest absolute Gasteiger partial charge is 0.242 e. The summed E-state index contributed by atoms with van der Waals surface area (Å²) in [6, 6.07) is 4.50. The zero-order valence-electron chi connectivity index (χ0n) is 11.9. The normalized spacial score (nSPS) is 16.7. The molecular formula is C14H19ClN2O2S2. The molecule has 116 valence electrons. The number of halogens is 1. The molecule has 0 bridgehead atoms. The molecule has 1 aliphatic rings. The first-order valence-electron chi connectivity index (χ1n) is 6.89. The fourth-order valence-corrected chi connectivity index (χ4v) is 4.25. The molecule has 0 unspecified atom stereocenters. The quantitative estimate of drug-likeness (QED) is 0.745. The van der Waals surface area contributed by atoms with Gasteiger partial charge in [-0.1, -0.05) is 43.2 Å². The van der Waals surface area contributed by atoms with Crippen LogP contribution in [-0.2, 0) is 10.0 Å². The molecule has 0 heterocycles. The molecule has 1 fully saturated rings. The second-order valence-corrected chi connectivity index (χ2v) is 8.17. The molecule has 0 atom stereocenters. The molecular weight excluding hydrogens is 328 g/mol. The van der Waals surface area contributed by atoms with E-state index in [0.717, 1.165) is 25.7 Å². The van der Waals surface area contributed by atoms with Crippen LogP contribution in [0.2, 0.25) is 5.02 Å². The Bertz CT molecular complexity index is 655. The standard InChI is InChI=1S/C14H19ClN2O2S2/c1-2-5-14(6-7-14)9-17-21(18,19)12-4-3-10(13(16)20)8-11(12)15/h3-4,8,17H,2,5-7,9H2,1H3,(H2,16,20). The van der Waals surface area contributed by atoms with E-state index in [4.69, 9.17) is 29.6 Å². The molecule has 0 saturated heterocycles. The van der Waals surface area contributed by atoms with Gasteiger partial charge in [0.05, 0.1) is 5.02 Å². The number of hydrogen-bond donors (Lipinski definition) is 2. The Morgan fingerprint density at radius 1 is 1.48 bits per heavy atom. The monoisotopic (exact) mass is 346 g/mol. The van der Waals surface area contributed by atoms with Gasteiger partial charge in [0.2, 0.25) is 10.0 Å². The van der Waals surface area contributed by atoms with Gasteiger partial charge in [0.1, 0.15) is 9.88 Å². The molecule has 4 nitrogen and oxygen atoms in total. The van der Waals surface area contributed by atoms with Gasteiger partial charge in [-0.25, -0.2) is 13.1 Å². The SMILES string of the molecule is CCCC1(CNS(=O)(=O)c2ccc(C(N)=S)cc2Cl)CC1. The van der Waals surface area contributed by atoms with Gasteiger partial charge in [-0.2, -0.15) is 0 Å². The summed E-state index contributed by atoms with van der Waals surface area (Å²) in [4.78, 5) is 0.255. The first-order chi connectivity index (χ1) is 9.80. The third-order valence-electron chi connectivity index (χ3n) is 3.88.